The fraction of sp³-hybridized carbons (Fsp3) is 0.0690. The van der Waals surface area contributed by atoms with Crippen molar-refractivity contribution >= 4 is 11.9 Å². The Balaban J connectivity index is 1.22. The fourth-order valence-corrected chi connectivity index (χ4v) is 3.24. The molecule has 0 aliphatic heterocycles. The Bertz CT molecular complexity index is 1150. The van der Waals surface area contributed by atoms with Crippen LogP contribution in [0.15, 0.2) is 115 Å². The number of allylic oxidation sites excluding steroid dienone is 1. The predicted octanol–water partition coefficient (Wildman–Crippen LogP) is 6.71. The molecule has 0 unspecified atom stereocenters. The molecule has 0 amide bonds. The van der Waals surface area contributed by atoms with Gasteiger partial charge in [-0.2, -0.15) is 0 Å². The Kier molecular flexibility index (Phi) is 7.12. The van der Waals surface area contributed by atoms with Gasteiger partial charge in [0.25, 0.3) is 0 Å². The van der Waals surface area contributed by atoms with Crippen molar-refractivity contribution in [2.45, 2.75) is 0 Å². The number of benzene rings is 4. The van der Waals surface area contributed by atoms with E-state index >= 15 is 0 Å². The highest BCUT2D eigenvalue weighted by atomic mass is 16.5. The molecule has 3 nitrogen and oxygen atoms in total. The van der Waals surface area contributed by atoms with Gasteiger partial charge in [0.05, 0.1) is 0 Å². The second kappa shape index (κ2) is 10.8. The van der Waals surface area contributed by atoms with Crippen LogP contribution in [-0.2, 0) is 0 Å². The van der Waals surface area contributed by atoms with Gasteiger partial charge in [-0.1, -0.05) is 91.0 Å². The number of ether oxygens (including phenoxy) is 2. The molecule has 0 aliphatic carbocycles. The van der Waals surface area contributed by atoms with Crippen LogP contribution >= 0.6 is 0 Å². The van der Waals surface area contributed by atoms with Crippen LogP contribution in [0.5, 0.6) is 11.5 Å². The van der Waals surface area contributed by atoms with Gasteiger partial charge in [-0.25, -0.2) is 0 Å². The first kappa shape index (κ1) is 21.1. The van der Waals surface area contributed by atoms with Gasteiger partial charge in [-0.05, 0) is 47.0 Å². The summed E-state index contributed by atoms with van der Waals surface area (Å²) in [5.41, 5.74) is 3.97. The lowest BCUT2D eigenvalue weighted by molar-refractivity contribution is 0.104. The minimum absolute atomic E-state index is 0.0140. The molecule has 0 N–H and O–H groups in total. The first-order valence-corrected chi connectivity index (χ1v) is 10.6. The lowest BCUT2D eigenvalue weighted by Crippen LogP contribution is -2.08. The van der Waals surface area contributed by atoms with E-state index in [1.807, 2.05) is 84.9 Å². The topological polar surface area (TPSA) is 35.5 Å². The summed E-state index contributed by atoms with van der Waals surface area (Å²) in [5.74, 6) is 1.57. The second-order valence-electron chi connectivity index (χ2n) is 7.22. The largest absolute Gasteiger partial charge is 0.490 e. The van der Waals surface area contributed by atoms with Crippen molar-refractivity contribution in [3.8, 4) is 22.6 Å². The smallest absolute Gasteiger partial charge is 0.185 e. The zero-order valence-electron chi connectivity index (χ0n) is 17.7. The number of carbonyl (C=O) groups is 1. The third-order valence-electron chi connectivity index (χ3n) is 4.95. The molecular weight excluding hydrogens is 396 g/mol. The predicted molar refractivity (Wildman–Crippen MR) is 129 cm³/mol. The van der Waals surface area contributed by atoms with Crippen LogP contribution in [0.25, 0.3) is 17.2 Å². The Morgan fingerprint density at radius 2 is 1.09 bits per heavy atom. The first-order valence-electron chi connectivity index (χ1n) is 10.6. The fourth-order valence-electron chi connectivity index (χ4n) is 3.24. The zero-order chi connectivity index (χ0) is 22.0. The van der Waals surface area contributed by atoms with Gasteiger partial charge in [-0.3, -0.25) is 4.79 Å². The van der Waals surface area contributed by atoms with Crippen LogP contribution in [0.2, 0.25) is 0 Å². The molecule has 0 spiro atoms. The van der Waals surface area contributed by atoms with Crippen molar-refractivity contribution in [1.82, 2.24) is 0 Å². The van der Waals surface area contributed by atoms with E-state index in [2.05, 4.69) is 24.3 Å². The minimum Gasteiger partial charge on any atom is -0.490 e. The van der Waals surface area contributed by atoms with Crippen LogP contribution < -0.4 is 9.47 Å². The van der Waals surface area contributed by atoms with Gasteiger partial charge in [-0.15, -0.1) is 0 Å². The number of hydrogen-bond donors (Lipinski definition) is 0. The lowest BCUT2D eigenvalue weighted by Gasteiger charge is -2.09. The summed E-state index contributed by atoms with van der Waals surface area (Å²) in [6.07, 6.45) is 3.39. The minimum atomic E-state index is -0.0140. The molecule has 0 fully saturated rings. The van der Waals surface area contributed by atoms with Gasteiger partial charge in [0.1, 0.15) is 24.7 Å². The van der Waals surface area contributed by atoms with E-state index in [9.17, 15) is 4.79 Å². The summed E-state index contributed by atoms with van der Waals surface area (Å²) in [6.45, 7) is 0.903. The van der Waals surface area contributed by atoms with Crippen molar-refractivity contribution in [2.24, 2.45) is 0 Å². The standard InChI is InChI=1S/C29H24O3/c30-29(26-9-5-2-6-10-26)20-13-23-11-16-27(17-12-23)31-21-22-32-28-18-14-25(15-19-28)24-7-3-1-4-8-24/h1-20H,21-22H2. The van der Waals surface area contributed by atoms with E-state index in [1.54, 1.807) is 12.2 Å². The van der Waals surface area contributed by atoms with Crippen molar-refractivity contribution in [3.05, 3.63) is 126 Å². The number of hydrogen-bond acceptors (Lipinski definition) is 3. The molecular formula is C29H24O3. The van der Waals surface area contributed by atoms with Crippen molar-refractivity contribution in [2.75, 3.05) is 13.2 Å². The van der Waals surface area contributed by atoms with Crippen molar-refractivity contribution in [3.63, 3.8) is 0 Å². The zero-order valence-corrected chi connectivity index (χ0v) is 17.7. The van der Waals surface area contributed by atoms with Crippen molar-refractivity contribution < 1.29 is 14.3 Å². The molecule has 4 rings (SSSR count). The molecule has 158 valence electrons. The molecule has 0 saturated carbocycles. The summed E-state index contributed by atoms with van der Waals surface area (Å²) in [4.78, 5) is 12.1. The van der Waals surface area contributed by atoms with Gasteiger partial charge < -0.3 is 9.47 Å². The summed E-state index contributed by atoms with van der Waals surface area (Å²) in [7, 11) is 0. The normalized spacial score (nSPS) is 10.8. The molecule has 3 heteroatoms. The van der Waals surface area contributed by atoms with E-state index in [0.29, 0.717) is 18.8 Å². The molecule has 4 aromatic carbocycles. The highest BCUT2D eigenvalue weighted by Crippen LogP contribution is 2.22. The Hall–Kier alpha value is -4.11. The van der Waals surface area contributed by atoms with Gasteiger partial charge in [0.2, 0.25) is 0 Å². The number of carbonyl (C=O) groups excluding carboxylic acids is 1. The SMILES string of the molecule is O=C(C=Cc1ccc(OCCOc2ccc(-c3ccccc3)cc2)cc1)c1ccccc1. The van der Waals surface area contributed by atoms with E-state index in [0.717, 1.165) is 22.6 Å². The molecule has 4 aromatic rings. The second-order valence-corrected chi connectivity index (χ2v) is 7.22. The summed E-state index contributed by atoms with van der Waals surface area (Å²) >= 11 is 0. The maximum Gasteiger partial charge on any atom is 0.185 e. The highest BCUT2D eigenvalue weighted by Gasteiger charge is 2.01. The summed E-state index contributed by atoms with van der Waals surface area (Å²) < 4.78 is 11.5. The molecule has 0 aromatic heterocycles. The van der Waals surface area contributed by atoms with E-state index in [4.69, 9.17) is 9.47 Å². The third-order valence-corrected chi connectivity index (χ3v) is 4.95. The van der Waals surface area contributed by atoms with Crippen LogP contribution in [-0.4, -0.2) is 19.0 Å². The van der Waals surface area contributed by atoms with Gasteiger partial charge >= 0.3 is 0 Å². The number of ketones is 1. The lowest BCUT2D eigenvalue weighted by atomic mass is 10.1. The van der Waals surface area contributed by atoms with Crippen LogP contribution in [0.3, 0.4) is 0 Å². The molecule has 32 heavy (non-hydrogen) atoms. The highest BCUT2D eigenvalue weighted by molar-refractivity contribution is 6.06. The van der Waals surface area contributed by atoms with E-state index in [-0.39, 0.29) is 5.78 Å². The van der Waals surface area contributed by atoms with Gasteiger partial charge in [0.15, 0.2) is 5.78 Å². The Morgan fingerprint density at radius 3 is 1.69 bits per heavy atom. The maximum absolute atomic E-state index is 12.1. The van der Waals surface area contributed by atoms with E-state index in [1.165, 1.54) is 5.56 Å². The van der Waals surface area contributed by atoms with Crippen molar-refractivity contribution in [1.29, 1.82) is 0 Å². The number of rotatable bonds is 9. The van der Waals surface area contributed by atoms with Crippen LogP contribution in [0.4, 0.5) is 0 Å². The van der Waals surface area contributed by atoms with E-state index < -0.39 is 0 Å². The maximum atomic E-state index is 12.1. The average Bonchev–Trinajstić information content (AvgIpc) is 2.87. The molecule has 0 heterocycles. The monoisotopic (exact) mass is 420 g/mol. The van der Waals surface area contributed by atoms with Crippen LogP contribution in [0.1, 0.15) is 15.9 Å². The summed E-state index contributed by atoms with van der Waals surface area (Å²) in [5, 5.41) is 0. The summed E-state index contributed by atoms with van der Waals surface area (Å²) in [6, 6.07) is 35.2. The quantitative estimate of drug-likeness (QED) is 0.172. The Labute approximate surface area is 188 Å². The molecule has 0 radical (unpaired) electrons. The molecule has 0 aliphatic rings. The van der Waals surface area contributed by atoms with Gasteiger partial charge in [0, 0.05) is 5.56 Å². The average molecular weight is 421 g/mol. The molecule has 0 bridgehead atoms. The molecule has 0 saturated heterocycles. The molecule has 0 atom stereocenters. The Morgan fingerprint density at radius 1 is 0.594 bits per heavy atom. The first-order chi connectivity index (χ1) is 15.8. The van der Waals surface area contributed by atoms with Crippen LogP contribution in [0, 0.1) is 0 Å². The third kappa shape index (κ3) is 5.96.